The summed E-state index contributed by atoms with van der Waals surface area (Å²) in [5, 5.41) is 14.8. The molecule has 0 saturated carbocycles. The topological polar surface area (TPSA) is 76.8 Å². The van der Waals surface area contributed by atoms with Crippen molar-refractivity contribution in [1.29, 1.82) is 0 Å². The molecule has 2 aromatic rings. The molecule has 0 saturated heterocycles. The number of aromatic nitrogens is 4. The van der Waals surface area contributed by atoms with Gasteiger partial charge in [0.15, 0.2) is 0 Å². The van der Waals surface area contributed by atoms with Gasteiger partial charge in [0.2, 0.25) is 0 Å². The summed E-state index contributed by atoms with van der Waals surface area (Å²) >= 11 is 0. The number of anilines is 1. The van der Waals surface area contributed by atoms with Crippen molar-refractivity contribution in [3.05, 3.63) is 29.7 Å². The minimum atomic E-state index is -0.0931. The van der Waals surface area contributed by atoms with E-state index < -0.39 is 0 Å². The summed E-state index contributed by atoms with van der Waals surface area (Å²) in [6.07, 6.45) is 4.33. The second-order valence-electron chi connectivity index (χ2n) is 5.59. The lowest BCUT2D eigenvalue weighted by Gasteiger charge is -2.26. The normalized spacial score (nSPS) is 17.4. The molecule has 1 amide bonds. The number of nitrogens with zero attached hydrogens (tertiary/aromatic N) is 4. The van der Waals surface area contributed by atoms with E-state index in [4.69, 9.17) is 0 Å². The van der Waals surface area contributed by atoms with Crippen LogP contribution in [0.3, 0.4) is 0 Å². The van der Waals surface area contributed by atoms with Crippen molar-refractivity contribution in [2.45, 2.75) is 32.4 Å². The molecular formula is C14H20N6O. The first-order valence-electron chi connectivity index (χ1n) is 7.18. The van der Waals surface area contributed by atoms with Crippen LogP contribution in [0.25, 0.3) is 0 Å². The molecule has 0 spiro atoms. The lowest BCUT2D eigenvalue weighted by atomic mass is 10.1. The fraction of sp³-hybridized carbons (Fsp3) is 0.500. The van der Waals surface area contributed by atoms with Gasteiger partial charge in [0.25, 0.3) is 5.91 Å². The number of carbonyl (C=O) groups is 1. The molecule has 1 aliphatic rings. The van der Waals surface area contributed by atoms with Gasteiger partial charge in [-0.05, 0) is 26.3 Å². The first-order chi connectivity index (χ1) is 10.1. The zero-order valence-corrected chi connectivity index (χ0v) is 12.5. The third kappa shape index (κ3) is 2.39. The number of fused-ring (bicyclic) bond motifs is 1. The van der Waals surface area contributed by atoms with Crippen LogP contribution in [0, 0.1) is 0 Å². The third-order valence-electron chi connectivity index (χ3n) is 3.67. The number of amides is 1. The van der Waals surface area contributed by atoms with E-state index >= 15 is 0 Å². The van der Waals surface area contributed by atoms with Crippen LogP contribution in [0.2, 0.25) is 0 Å². The average Bonchev–Trinajstić information content (AvgIpc) is 3.03. The molecule has 2 aromatic heterocycles. The highest BCUT2D eigenvalue weighted by Crippen LogP contribution is 2.30. The monoisotopic (exact) mass is 288 g/mol. The van der Waals surface area contributed by atoms with Crippen molar-refractivity contribution < 1.29 is 4.79 Å². The predicted octanol–water partition coefficient (Wildman–Crippen LogP) is 1.16. The Kier molecular flexibility index (Phi) is 3.40. The number of hydrogen-bond acceptors (Lipinski definition) is 4. The van der Waals surface area contributed by atoms with E-state index in [1.165, 1.54) is 0 Å². The second kappa shape index (κ2) is 5.23. The molecule has 112 valence electrons. The van der Waals surface area contributed by atoms with Gasteiger partial charge in [-0.15, -0.1) is 0 Å². The summed E-state index contributed by atoms with van der Waals surface area (Å²) in [5.74, 6) is 0.690. The fourth-order valence-corrected chi connectivity index (χ4v) is 2.71. The van der Waals surface area contributed by atoms with Crippen LogP contribution in [0.1, 0.15) is 42.4 Å². The first-order valence-corrected chi connectivity index (χ1v) is 7.18. The molecule has 2 N–H and O–H groups in total. The zero-order valence-electron chi connectivity index (χ0n) is 12.5. The highest BCUT2D eigenvalue weighted by molar-refractivity contribution is 5.99. The summed E-state index contributed by atoms with van der Waals surface area (Å²) in [7, 11) is 1.92. The SMILES string of the molecule is CC(C)NC(=O)c1cnn2c1NCCC2c1ccnn1C. The number of aryl methyl sites for hydroxylation is 1. The Morgan fingerprint density at radius 3 is 2.95 bits per heavy atom. The molecule has 3 heterocycles. The van der Waals surface area contributed by atoms with Gasteiger partial charge >= 0.3 is 0 Å². The first kappa shape index (κ1) is 13.7. The molecule has 3 rings (SSSR count). The van der Waals surface area contributed by atoms with Gasteiger partial charge in [0.05, 0.1) is 17.9 Å². The number of rotatable bonds is 3. The fourth-order valence-electron chi connectivity index (χ4n) is 2.71. The maximum atomic E-state index is 12.2. The van der Waals surface area contributed by atoms with Gasteiger partial charge < -0.3 is 10.6 Å². The Hall–Kier alpha value is -2.31. The summed E-state index contributed by atoms with van der Waals surface area (Å²) < 4.78 is 3.74. The molecule has 7 nitrogen and oxygen atoms in total. The smallest absolute Gasteiger partial charge is 0.256 e. The molecule has 1 atom stereocenters. The van der Waals surface area contributed by atoms with Crippen LogP contribution in [0.15, 0.2) is 18.5 Å². The van der Waals surface area contributed by atoms with Gasteiger partial charge in [-0.2, -0.15) is 10.2 Å². The van der Waals surface area contributed by atoms with Crippen LogP contribution < -0.4 is 10.6 Å². The quantitative estimate of drug-likeness (QED) is 0.888. The van der Waals surface area contributed by atoms with E-state index in [1.54, 1.807) is 12.4 Å². The van der Waals surface area contributed by atoms with Crippen LogP contribution in [0.4, 0.5) is 5.82 Å². The van der Waals surface area contributed by atoms with E-state index in [9.17, 15) is 4.79 Å². The average molecular weight is 288 g/mol. The van der Waals surface area contributed by atoms with E-state index in [0.29, 0.717) is 5.56 Å². The Morgan fingerprint density at radius 1 is 1.48 bits per heavy atom. The Labute approximate surface area is 123 Å². The maximum Gasteiger partial charge on any atom is 0.256 e. The number of hydrogen-bond donors (Lipinski definition) is 2. The van der Waals surface area contributed by atoms with Gasteiger partial charge in [-0.1, -0.05) is 0 Å². The largest absolute Gasteiger partial charge is 0.369 e. The van der Waals surface area contributed by atoms with Gasteiger partial charge in [-0.25, -0.2) is 4.68 Å². The van der Waals surface area contributed by atoms with Crippen molar-refractivity contribution in [3.8, 4) is 0 Å². The minimum Gasteiger partial charge on any atom is -0.369 e. The van der Waals surface area contributed by atoms with Crippen molar-refractivity contribution in [2.24, 2.45) is 7.05 Å². The molecule has 0 radical (unpaired) electrons. The standard InChI is InChI=1S/C14H20N6O/c1-9(2)18-14(21)10-8-17-20-12(4-6-15-13(10)20)11-5-7-16-19(11)3/h5,7-9,12,15H,4,6H2,1-3H3,(H,18,21). The van der Waals surface area contributed by atoms with Gasteiger partial charge in [-0.3, -0.25) is 9.48 Å². The number of carbonyl (C=O) groups excluding carboxylic acids is 1. The molecule has 1 unspecified atom stereocenters. The van der Waals surface area contributed by atoms with Crippen LogP contribution in [-0.4, -0.2) is 38.1 Å². The van der Waals surface area contributed by atoms with Gasteiger partial charge in [0, 0.05) is 25.8 Å². The van der Waals surface area contributed by atoms with Crippen LogP contribution in [0.5, 0.6) is 0 Å². The Bertz CT molecular complexity index is 656. The molecule has 0 aliphatic carbocycles. The van der Waals surface area contributed by atoms with Crippen molar-refractivity contribution in [1.82, 2.24) is 24.9 Å². The lowest BCUT2D eigenvalue weighted by molar-refractivity contribution is 0.0944. The number of nitrogens with one attached hydrogen (secondary N) is 2. The zero-order chi connectivity index (χ0) is 15.0. The summed E-state index contributed by atoms with van der Waals surface area (Å²) in [6, 6.07) is 2.20. The predicted molar refractivity (Wildman–Crippen MR) is 79.3 cm³/mol. The third-order valence-corrected chi connectivity index (χ3v) is 3.67. The summed E-state index contributed by atoms with van der Waals surface area (Å²) in [5.41, 5.74) is 1.69. The molecule has 0 aromatic carbocycles. The molecule has 0 fully saturated rings. The van der Waals surface area contributed by atoms with Gasteiger partial charge in [0.1, 0.15) is 11.4 Å². The highest BCUT2D eigenvalue weighted by Gasteiger charge is 2.28. The highest BCUT2D eigenvalue weighted by atomic mass is 16.1. The van der Waals surface area contributed by atoms with E-state index in [1.807, 2.05) is 36.3 Å². The molecular weight excluding hydrogens is 268 g/mol. The molecule has 21 heavy (non-hydrogen) atoms. The summed E-state index contributed by atoms with van der Waals surface area (Å²) in [6.45, 7) is 4.70. The lowest BCUT2D eigenvalue weighted by Crippen LogP contribution is -2.32. The van der Waals surface area contributed by atoms with Crippen LogP contribution >= 0.6 is 0 Å². The minimum absolute atomic E-state index is 0.0931. The van der Waals surface area contributed by atoms with E-state index in [0.717, 1.165) is 24.5 Å². The van der Waals surface area contributed by atoms with Crippen molar-refractivity contribution >= 4 is 11.7 Å². The second-order valence-corrected chi connectivity index (χ2v) is 5.59. The van der Waals surface area contributed by atoms with E-state index in [-0.39, 0.29) is 18.0 Å². The summed E-state index contributed by atoms with van der Waals surface area (Å²) in [4.78, 5) is 12.2. The van der Waals surface area contributed by atoms with E-state index in [2.05, 4.69) is 20.8 Å². The molecule has 7 heteroatoms. The van der Waals surface area contributed by atoms with Crippen molar-refractivity contribution in [3.63, 3.8) is 0 Å². The van der Waals surface area contributed by atoms with Crippen molar-refractivity contribution in [2.75, 3.05) is 11.9 Å². The Balaban J connectivity index is 1.96. The molecule has 1 aliphatic heterocycles. The van der Waals surface area contributed by atoms with Crippen LogP contribution in [-0.2, 0) is 7.05 Å². The Morgan fingerprint density at radius 2 is 2.29 bits per heavy atom. The maximum absolute atomic E-state index is 12.2. The molecule has 0 bridgehead atoms.